The summed E-state index contributed by atoms with van der Waals surface area (Å²) in [5.74, 6) is 2.82. The molecule has 0 bridgehead atoms. The van der Waals surface area contributed by atoms with Gasteiger partial charge in [-0.15, -0.1) is 0 Å². The van der Waals surface area contributed by atoms with Crippen molar-refractivity contribution in [3.8, 4) is 23.1 Å². The van der Waals surface area contributed by atoms with Gasteiger partial charge in [-0.1, -0.05) is 35.9 Å². The maximum Gasteiger partial charge on any atom is 1.00 e. The molecule has 0 aliphatic carbocycles. The van der Waals surface area contributed by atoms with Crippen LogP contribution < -0.4 is 137 Å². The van der Waals surface area contributed by atoms with Crippen LogP contribution in [0.15, 0.2) is 79.0 Å². The normalized spacial score (nSPS) is 12.2. The Bertz CT molecular complexity index is 1250. The van der Waals surface area contributed by atoms with Crippen LogP contribution in [0.5, 0.6) is 23.1 Å². The van der Waals surface area contributed by atoms with E-state index >= 15 is 0 Å². The molecule has 0 fully saturated rings. The van der Waals surface area contributed by atoms with Gasteiger partial charge < -0.3 is 43.7 Å². The molecule has 3 aromatic carbocycles. The first-order chi connectivity index (χ1) is 17.4. The van der Waals surface area contributed by atoms with Gasteiger partial charge in [0.05, 0.1) is 13.2 Å². The molecule has 3 heterocycles. The number of aromatic nitrogens is 1. The van der Waals surface area contributed by atoms with Gasteiger partial charge in [0.15, 0.2) is 0 Å². The largest absolute Gasteiger partial charge is 1.00 e. The van der Waals surface area contributed by atoms with Crippen LogP contribution in [0.25, 0.3) is 0 Å². The summed E-state index contributed by atoms with van der Waals surface area (Å²) in [6.07, 6.45) is 1.76. The van der Waals surface area contributed by atoms with Crippen LogP contribution in [0, 0.1) is 28.7 Å². The van der Waals surface area contributed by atoms with E-state index in [9.17, 15) is 10.0 Å². The number of benzene rings is 3. The molecule has 11 heteroatoms. The number of aryl methyl sites for hydroxylation is 2. The van der Waals surface area contributed by atoms with E-state index < -0.39 is 14.2 Å². The monoisotopic (exact) mass is 681 g/mol. The first kappa shape index (κ1) is 38.0. The van der Waals surface area contributed by atoms with E-state index in [1.807, 2.05) is 80.6 Å². The average molecular weight is 682 g/mol. The summed E-state index contributed by atoms with van der Waals surface area (Å²) in [7, 11) is -1.61. The van der Waals surface area contributed by atoms with Crippen molar-refractivity contribution in [1.29, 1.82) is 0 Å². The molecule has 0 unspecified atom stereocenters. The third-order valence-corrected chi connectivity index (χ3v) is 5.92. The SMILES string of the molecule is Cc1ccc(Oc2ccc3c(c2)COB3O)cc1.Cc1ccc(Oc2ccc3c(c2)COB3O)nc1.[CH3-].[CH3-].[Rb+].[Rb+]. The van der Waals surface area contributed by atoms with Crippen molar-refractivity contribution in [1.82, 2.24) is 4.98 Å². The molecule has 1 aromatic heterocycles. The first-order valence-corrected chi connectivity index (χ1v) is 11.6. The molecule has 2 N–H and O–H groups in total. The third kappa shape index (κ3) is 10.0. The number of ether oxygens (including phenoxy) is 2. The molecule has 2 aliphatic heterocycles. The van der Waals surface area contributed by atoms with E-state index in [1.54, 1.807) is 12.3 Å². The van der Waals surface area contributed by atoms with E-state index in [0.29, 0.717) is 24.8 Å². The summed E-state index contributed by atoms with van der Waals surface area (Å²) in [4.78, 5) is 4.18. The maximum absolute atomic E-state index is 9.53. The van der Waals surface area contributed by atoms with Crippen molar-refractivity contribution < 1.29 is 145 Å². The molecule has 0 saturated heterocycles. The molecule has 4 aromatic rings. The van der Waals surface area contributed by atoms with Crippen LogP contribution in [-0.2, 0) is 22.5 Å². The quantitative estimate of drug-likeness (QED) is 0.197. The summed E-state index contributed by atoms with van der Waals surface area (Å²) >= 11 is 0. The molecule has 0 saturated carbocycles. The number of pyridine rings is 1. The zero-order valence-electron chi connectivity index (χ0n) is 24.0. The van der Waals surface area contributed by atoms with Crippen molar-refractivity contribution in [2.75, 3.05) is 0 Å². The van der Waals surface area contributed by atoms with Gasteiger partial charge >= 0.3 is 131 Å². The van der Waals surface area contributed by atoms with Gasteiger partial charge in [-0.3, -0.25) is 0 Å². The Hall–Kier alpha value is -0.00974. The fourth-order valence-corrected chi connectivity index (χ4v) is 3.92. The van der Waals surface area contributed by atoms with Crippen molar-refractivity contribution in [2.24, 2.45) is 0 Å². The van der Waals surface area contributed by atoms with E-state index in [0.717, 1.165) is 39.1 Å². The number of nitrogens with zero attached hydrogens (tertiary/aromatic N) is 1. The first-order valence-electron chi connectivity index (χ1n) is 11.6. The van der Waals surface area contributed by atoms with Crippen LogP contribution in [0.3, 0.4) is 0 Å². The number of hydrogen-bond acceptors (Lipinski definition) is 7. The molecule has 0 radical (unpaired) electrons. The van der Waals surface area contributed by atoms with Crippen LogP contribution in [0.4, 0.5) is 0 Å². The zero-order chi connectivity index (χ0) is 25.1. The van der Waals surface area contributed by atoms with Crippen molar-refractivity contribution in [2.45, 2.75) is 27.1 Å². The van der Waals surface area contributed by atoms with E-state index in [1.165, 1.54) is 5.56 Å². The number of hydrogen-bond donors (Lipinski definition) is 2. The maximum atomic E-state index is 9.53. The van der Waals surface area contributed by atoms with Crippen molar-refractivity contribution in [3.63, 3.8) is 0 Å². The van der Waals surface area contributed by atoms with Crippen molar-refractivity contribution >= 4 is 25.2 Å². The molecular formula is C29H31B2NO6Rb2. The Morgan fingerprint density at radius 2 is 1.12 bits per heavy atom. The fraction of sp³-hybridized carbons (Fsp3) is 0.138. The number of rotatable bonds is 4. The Kier molecular flexibility index (Phi) is 17.1. The Morgan fingerprint density at radius 1 is 0.650 bits per heavy atom. The van der Waals surface area contributed by atoms with E-state index in [4.69, 9.17) is 18.8 Å². The van der Waals surface area contributed by atoms with Gasteiger partial charge in [-0.2, -0.15) is 0 Å². The van der Waals surface area contributed by atoms with Gasteiger partial charge in [0.2, 0.25) is 5.88 Å². The van der Waals surface area contributed by atoms with E-state index in [2.05, 4.69) is 4.98 Å². The molecule has 0 spiro atoms. The van der Waals surface area contributed by atoms with Gasteiger partial charge in [-0.25, -0.2) is 4.98 Å². The molecule has 196 valence electrons. The summed E-state index contributed by atoms with van der Waals surface area (Å²) in [6.45, 7) is 4.86. The summed E-state index contributed by atoms with van der Waals surface area (Å²) < 4.78 is 21.7. The van der Waals surface area contributed by atoms with Crippen LogP contribution in [-0.4, -0.2) is 29.3 Å². The van der Waals surface area contributed by atoms with Gasteiger partial charge in [0.1, 0.15) is 17.2 Å². The van der Waals surface area contributed by atoms with Crippen molar-refractivity contribution in [3.05, 3.63) is 116 Å². The Labute approximate surface area is 335 Å². The van der Waals surface area contributed by atoms with Crippen LogP contribution in [0.1, 0.15) is 22.3 Å². The minimum atomic E-state index is -0.813. The van der Waals surface area contributed by atoms with Gasteiger partial charge in [0, 0.05) is 12.3 Å². The van der Waals surface area contributed by atoms with Gasteiger partial charge in [0.25, 0.3) is 0 Å². The van der Waals surface area contributed by atoms with Crippen LogP contribution in [0.2, 0.25) is 0 Å². The molecule has 0 atom stereocenters. The van der Waals surface area contributed by atoms with Gasteiger partial charge in [-0.05, 0) is 77.9 Å². The topological polar surface area (TPSA) is 90.3 Å². The second kappa shape index (κ2) is 18.0. The molecule has 0 amide bonds. The van der Waals surface area contributed by atoms with Crippen LogP contribution >= 0.6 is 0 Å². The fourth-order valence-electron chi connectivity index (χ4n) is 3.92. The average Bonchev–Trinajstić information content (AvgIpc) is 3.44. The van der Waals surface area contributed by atoms with E-state index in [-0.39, 0.29) is 131 Å². The third-order valence-electron chi connectivity index (χ3n) is 5.92. The Balaban J connectivity index is 0.000000364. The predicted molar refractivity (Wildman–Crippen MR) is 151 cm³/mol. The molecule has 7 nitrogen and oxygen atoms in total. The molecule has 40 heavy (non-hydrogen) atoms. The Morgan fingerprint density at radius 3 is 1.62 bits per heavy atom. The summed E-state index contributed by atoms with van der Waals surface area (Å²) in [5, 5.41) is 19.0. The molecule has 2 aliphatic rings. The predicted octanol–water partition coefficient (Wildman–Crippen LogP) is -1.69. The summed E-state index contributed by atoms with van der Waals surface area (Å²) in [6, 6.07) is 22.8. The second-order valence-electron chi connectivity index (χ2n) is 8.74. The zero-order valence-corrected chi connectivity index (χ0v) is 33.9. The standard InChI is InChI=1S/C14H13BO3.C13H12BNO3.2CH3.2Rb/c1-10-2-4-12(5-3-10)18-13-6-7-14-11(8-13)9-17-15(14)16;1-9-2-5-13(15-7-9)18-11-3-4-12-10(6-11)8-17-14(12)16;;;;/h2-8,16H,9H2,1H3;2-7,16H,8H2,1H3;2*1H3;;/q;;2*-1;2*+1. The smallest absolute Gasteiger partial charge is 0.457 e. The molecular weight excluding hydrogens is 651 g/mol. The molecule has 6 rings (SSSR count). The summed E-state index contributed by atoms with van der Waals surface area (Å²) in [5.41, 5.74) is 5.85. The number of fused-ring (bicyclic) bond motifs is 2. The minimum Gasteiger partial charge on any atom is -0.457 e. The minimum absolute atomic E-state index is 0. The second-order valence-corrected chi connectivity index (χ2v) is 8.74.